The van der Waals surface area contributed by atoms with E-state index in [1.165, 1.54) is 25.7 Å². The number of hydrogen-bond acceptors (Lipinski definition) is 4. The van der Waals surface area contributed by atoms with Gasteiger partial charge in [-0.05, 0) is 67.5 Å². The zero-order chi connectivity index (χ0) is 19.5. The second-order valence-electron chi connectivity index (χ2n) is 7.60. The topological polar surface area (TPSA) is 59.4 Å². The highest BCUT2D eigenvalue weighted by Gasteiger charge is 2.17. The number of fused-ring (bicyclic) bond motifs is 1. The molecule has 1 aromatic heterocycles. The van der Waals surface area contributed by atoms with E-state index < -0.39 is 5.97 Å². The molecule has 1 N–H and O–H groups in total. The van der Waals surface area contributed by atoms with E-state index >= 15 is 0 Å². The molecular weight excluding hydrogens is 370 g/mol. The van der Waals surface area contributed by atoms with Crippen LogP contribution in [0.3, 0.4) is 0 Å². The molecule has 1 heterocycles. The maximum atomic E-state index is 11.0. The zero-order valence-corrected chi connectivity index (χ0v) is 16.9. The van der Waals surface area contributed by atoms with Crippen molar-refractivity contribution >= 4 is 27.5 Å². The predicted octanol–water partition coefficient (Wildman–Crippen LogP) is 5.86. The molecule has 4 rings (SSSR count). The Morgan fingerprint density at radius 2 is 2.04 bits per heavy atom. The van der Waals surface area contributed by atoms with Crippen LogP contribution < -0.4 is 4.74 Å². The molecule has 0 radical (unpaired) electrons. The molecule has 3 aromatic rings. The third-order valence-electron chi connectivity index (χ3n) is 5.43. The van der Waals surface area contributed by atoms with Gasteiger partial charge in [-0.3, -0.25) is 4.79 Å². The van der Waals surface area contributed by atoms with Crippen LogP contribution in [0.15, 0.2) is 36.4 Å². The lowest BCUT2D eigenvalue weighted by molar-refractivity contribution is -0.136. The quantitative estimate of drug-likeness (QED) is 0.544. The number of carboxylic acid groups (broad SMARTS) is 1. The normalized spacial score (nSPS) is 14.6. The van der Waals surface area contributed by atoms with Crippen molar-refractivity contribution in [2.75, 3.05) is 6.61 Å². The van der Waals surface area contributed by atoms with E-state index in [1.54, 1.807) is 11.3 Å². The van der Waals surface area contributed by atoms with Crippen molar-refractivity contribution in [1.82, 2.24) is 4.98 Å². The van der Waals surface area contributed by atoms with Crippen molar-refractivity contribution in [3.63, 3.8) is 0 Å². The second kappa shape index (κ2) is 8.31. The number of aliphatic carboxylic acids is 1. The van der Waals surface area contributed by atoms with Crippen LogP contribution in [0.1, 0.15) is 42.7 Å². The number of nitrogens with zero attached hydrogens (tertiary/aromatic N) is 1. The van der Waals surface area contributed by atoms with E-state index in [2.05, 4.69) is 29.2 Å². The molecule has 28 heavy (non-hydrogen) atoms. The Hall–Kier alpha value is -2.40. The SMILES string of the molecule is Cc1nc2ccc(-c3cc(CCC(=O)O)ccc3OCC3CCCC3)cc2s1. The standard InChI is InChI=1S/C23H25NO3S/c1-15-24-20-9-8-18(13-22(20)28-15)19-12-16(7-11-23(25)26)6-10-21(19)27-14-17-4-2-3-5-17/h6,8-10,12-13,17H,2-5,7,11,14H2,1H3,(H,25,26). The first kappa shape index (κ1) is 18.9. The van der Waals surface area contributed by atoms with E-state index in [1.807, 2.05) is 19.1 Å². The number of aromatic nitrogens is 1. The molecule has 1 saturated carbocycles. The van der Waals surface area contributed by atoms with E-state index in [0.717, 1.165) is 44.3 Å². The van der Waals surface area contributed by atoms with E-state index in [-0.39, 0.29) is 6.42 Å². The average molecular weight is 396 g/mol. The Kier molecular flexibility index (Phi) is 5.62. The van der Waals surface area contributed by atoms with Crippen molar-refractivity contribution in [3.8, 4) is 16.9 Å². The Bertz CT molecular complexity index is 989. The Labute approximate surface area is 169 Å². The van der Waals surface area contributed by atoms with Crippen LogP contribution in [0, 0.1) is 12.8 Å². The zero-order valence-electron chi connectivity index (χ0n) is 16.1. The maximum absolute atomic E-state index is 11.0. The summed E-state index contributed by atoms with van der Waals surface area (Å²) in [6.07, 6.45) is 5.75. The van der Waals surface area contributed by atoms with Gasteiger partial charge in [0.15, 0.2) is 0 Å². The molecule has 1 aliphatic rings. The average Bonchev–Trinajstić information content (AvgIpc) is 3.32. The predicted molar refractivity (Wildman–Crippen MR) is 113 cm³/mol. The van der Waals surface area contributed by atoms with Gasteiger partial charge in [-0.2, -0.15) is 0 Å². The van der Waals surface area contributed by atoms with Crippen LogP contribution in [-0.2, 0) is 11.2 Å². The number of ether oxygens (including phenoxy) is 1. The third kappa shape index (κ3) is 4.36. The molecule has 1 aliphatic carbocycles. The molecule has 0 saturated heterocycles. The number of carbonyl (C=O) groups is 1. The monoisotopic (exact) mass is 395 g/mol. The molecule has 0 bridgehead atoms. The largest absolute Gasteiger partial charge is 0.493 e. The molecule has 5 heteroatoms. The first-order valence-corrected chi connectivity index (χ1v) is 10.8. The van der Waals surface area contributed by atoms with Crippen molar-refractivity contribution in [1.29, 1.82) is 0 Å². The Morgan fingerprint density at radius 1 is 1.21 bits per heavy atom. The highest BCUT2D eigenvalue weighted by Crippen LogP contribution is 2.36. The van der Waals surface area contributed by atoms with Gasteiger partial charge in [-0.1, -0.05) is 25.0 Å². The van der Waals surface area contributed by atoms with Crippen LogP contribution in [0.5, 0.6) is 5.75 Å². The van der Waals surface area contributed by atoms with Gasteiger partial charge in [0.1, 0.15) is 5.75 Å². The van der Waals surface area contributed by atoms with Gasteiger partial charge < -0.3 is 9.84 Å². The molecule has 0 atom stereocenters. The summed E-state index contributed by atoms with van der Waals surface area (Å²) in [6, 6.07) is 12.4. The molecule has 0 amide bonds. The molecule has 0 unspecified atom stereocenters. The van der Waals surface area contributed by atoms with Gasteiger partial charge >= 0.3 is 5.97 Å². The number of thiazole rings is 1. The van der Waals surface area contributed by atoms with Gasteiger partial charge in [0, 0.05) is 12.0 Å². The van der Waals surface area contributed by atoms with E-state index in [4.69, 9.17) is 9.84 Å². The van der Waals surface area contributed by atoms with Crippen LogP contribution in [-0.4, -0.2) is 22.7 Å². The summed E-state index contributed by atoms with van der Waals surface area (Å²) in [5.74, 6) is 0.752. The minimum atomic E-state index is -0.773. The smallest absolute Gasteiger partial charge is 0.303 e. The minimum absolute atomic E-state index is 0.134. The second-order valence-corrected chi connectivity index (χ2v) is 8.84. The Balaban J connectivity index is 1.66. The first-order valence-electron chi connectivity index (χ1n) is 9.93. The van der Waals surface area contributed by atoms with E-state index in [0.29, 0.717) is 12.3 Å². The molecule has 1 fully saturated rings. The van der Waals surface area contributed by atoms with Gasteiger partial charge in [0.25, 0.3) is 0 Å². The number of benzene rings is 2. The number of hydrogen-bond donors (Lipinski definition) is 1. The van der Waals surface area contributed by atoms with Crippen LogP contribution in [0.25, 0.3) is 21.3 Å². The summed E-state index contributed by atoms with van der Waals surface area (Å²) >= 11 is 1.69. The van der Waals surface area contributed by atoms with Gasteiger partial charge in [0.05, 0.1) is 21.8 Å². The highest BCUT2D eigenvalue weighted by molar-refractivity contribution is 7.18. The summed E-state index contributed by atoms with van der Waals surface area (Å²) in [5, 5.41) is 10.1. The lowest BCUT2D eigenvalue weighted by Gasteiger charge is -2.16. The molecular formula is C23H25NO3S. The first-order chi connectivity index (χ1) is 13.6. The maximum Gasteiger partial charge on any atom is 0.303 e. The molecule has 4 nitrogen and oxygen atoms in total. The third-order valence-corrected chi connectivity index (χ3v) is 6.36. The number of rotatable bonds is 7. The molecule has 0 aliphatic heterocycles. The van der Waals surface area contributed by atoms with Crippen molar-refractivity contribution < 1.29 is 14.6 Å². The summed E-state index contributed by atoms with van der Waals surface area (Å²) in [4.78, 5) is 15.5. The van der Waals surface area contributed by atoms with Crippen LogP contribution >= 0.6 is 11.3 Å². The minimum Gasteiger partial charge on any atom is -0.493 e. The lowest BCUT2D eigenvalue weighted by atomic mass is 9.99. The van der Waals surface area contributed by atoms with Crippen LogP contribution in [0.2, 0.25) is 0 Å². The summed E-state index contributed by atoms with van der Waals surface area (Å²) < 4.78 is 7.40. The molecule has 146 valence electrons. The Morgan fingerprint density at radius 3 is 2.82 bits per heavy atom. The molecule has 2 aromatic carbocycles. The summed E-state index contributed by atoms with van der Waals surface area (Å²) in [6.45, 7) is 2.77. The lowest BCUT2D eigenvalue weighted by Crippen LogP contribution is -2.09. The summed E-state index contributed by atoms with van der Waals surface area (Å²) in [7, 11) is 0. The van der Waals surface area contributed by atoms with Crippen molar-refractivity contribution in [3.05, 3.63) is 47.0 Å². The van der Waals surface area contributed by atoms with E-state index in [9.17, 15) is 4.79 Å². The summed E-state index contributed by atoms with van der Waals surface area (Å²) in [5.41, 5.74) is 4.16. The fraction of sp³-hybridized carbons (Fsp3) is 0.391. The van der Waals surface area contributed by atoms with Gasteiger partial charge in [0.2, 0.25) is 0 Å². The fourth-order valence-electron chi connectivity index (χ4n) is 3.93. The van der Waals surface area contributed by atoms with Crippen molar-refractivity contribution in [2.24, 2.45) is 5.92 Å². The fourth-order valence-corrected chi connectivity index (χ4v) is 4.79. The van der Waals surface area contributed by atoms with Gasteiger partial charge in [-0.15, -0.1) is 11.3 Å². The molecule has 0 spiro atoms. The van der Waals surface area contributed by atoms with Crippen molar-refractivity contribution in [2.45, 2.75) is 45.4 Å². The van der Waals surface area contributed by atoms with Crippen LogP contribution in [0.4, 0.5) is 0 Å². The number of carboxylic acids is 1. The van der Waals surface area contributed by atoms with Gasteiger partial charge in [-0.25, -0.2) is 4.98 Å². The number of aryl methyl sites for hydroxylation is 2. The highest BCUT2D eigenvalue weighted by atomic mass is 32.1.